The Morgan fingerprint density at radius 1 is 1.53 bits per heavy atom. The number of aliphatic hydroxyl groups is 1. The first kappa shape index (κ1) is 11.0. The van der Waals surface area contributed by atoms with Crippen molar-refractivity contribution < 1.29 is 9.50 Å². The molecule has 4 heteroatoms. The van der Waals surface area contributed by atoms with Gasteiger partial charge in [0.2, 0.25) is 0 Å². The molecule has 2 rings (SSSR count). The summed E-state index contributed by atoms with van der Waals surface area (Å²) in [6, 6.07) is 4.95. The van der Waals surface area contributed by atoms with Crippen LogP contribution < -0.4 is 0 Å². The van der Waals surface area contributed by atoms with Gasteiger partial charge < -0.3 is 5.11 Å². The van der Waals surface area contributed by atoms with E-state index in [9.17, 15) is 9.50 Å². The van der Waals surface area contributed by atoms with E-state index < -0.39 is 0 Å². The highest BCUT2D eigenvalue weighted by Gasteiger charge is 2.20. The molecular formula is C11H13BrFNO. The molecule has 0 saturated carbocycles. The molecule has 0 aliphatic carbocycles. The molecule has 1 atom stereocenters. The van der Waals surface area contributed by atoms with Crippen molar-refractivity contribution in [2.45, 2.75) is 19.1 Å². The predicted molar refractivity (Wildman–Crippen MR) is 60.0 cm³/mol. The predicted octanol–water partition coefficient (Wildman–Crippen LogP) is 2.15. The molecule has 1 heterocycles. The van der Waals surface area contributed by atoms with Crippen molar-refractivity contribution in [2.75, 3.05) is 13.1 Å². The summed E-state index contributed by atoms with van der Waals surface area (Å²) in [5.74, 6) is -0.181. The molecule has 1 saturated heterocycles. The number of halogens is 2. The molecule has 82 valence electrons. The topological polar surface area (TPSA) is 23.5 Å². The number of rotatable bonds is 2. The summed E-state index contributed by atoms with van der Waals surface area (Å²) in [7, 11) is 0. The summed E-state index contributed by atoms with van der Waals surface area (Å²) in [5, 5.41) is 9.36. The summed E-state index contributed by atoms with van der Waals surface area (Å²) >= 11 is 3.32. The van der Waals surface area contributed by atoms with E-state index in [1.54, 1.807) is 12.1 Å². The zero-order valence-electron chi connectivity index (χ0n) is 8.29. The molecule has 0 spiro atoms. The van der Waals surface area contributed by atoms with Crippen LogP contribution in [0.2, 0.25) is 0 Å². The van der Waals surface area contributed by atoms with E-state index in [2.05, 4.69) is 20.8 Å². The molecule has 1 aliphatic rings. The zero-order chi connectivity index (χ0) is 10.8. The average Bonchev–Trinajstić information content (AvgIpc) is 2.58. The third-order valence-electron chi connectivity index (χ3n) is 2.65. The molecule has 0 aromatic heterocycles. The number of hydrogen-bond donors (Lipinski definition) is 1. The van der Waals surface area contributed by atoms with Gasteiger partial charge in [-0.25, -0.2) is 4.39 Å². The van der Waals surface area contributed by atoms with Gasteiger partial charge in [-0.05, 0) is 24.6 Å². The monoisotopic (exact) mass is 273 g/mol. The Bertz CT molecular complexity index is 358. The van der Waals surface area contributed by atoms with Crippen molar-refractivity contribution in [3.8, 4) is 0 Å². The zero-order valence-corrected chi connectivity index (χ0v) is 9.87. The van der Waals surface area contributed by atoms with Crippen LogP contribution in [0.4, 0.5) is 4.39 Å². The van der Waals surface area contributed by atoms with Crippen molar-refractivity contribution in [1.29, 1.82) is 0 Å². The molecule has 1 N–H and O–H groups in total. The first-order valence-electron chi connectivity index (χ1n) is 4.99. The number of β-amino-alcohol motifs (C(OH)–C–C–N with tert-alkyl or cyclic N) is 1. The Balaban J connectivity index is 2.07. The first-order chi connectivity index (χ1) is 7.15. The van der Waals surface area contributed by atoms with Crippen LogP contribution >= 0.6 is 15.9 Å². The summed E-state index contributed by atoms with van der Waals surface area (Å²) in [6.45, 7) is 2.06. The second-order valence-corrected chi connectivity index (χ2v) is 4.83. The molecule has 1 fully saturated rings. The Morgan fingerprint density at radius 3 is 3.00 bits per heavy atom. The Morgan fingerprint density at radius 2 is 2.33 bits per heavy atom. The Kier molecular flexibility index (Phi) is 3.38. The third kappa shape index (κ3) is 2.77. The largest absolute Gasteiger partial charge is 0.392 e. The molecule has 1 aromatic rings. The second kappa shape index (κ2) is 4.60. The number of nitrogens with zero attached hydrogens (tertiary/aromatic N) is 1. The average molecular weight is 274 g/mol. The number of benzene rings is 1. The van der Waals surface area contributed by atoms with Crippen LogP contribution in [0.15, 0.2) is 22.7 Å². The van der Waals surface area contributed by atoms with Gasteiger partial charge in [-0.1, -0.05) is 15.9 Å². The maximum Gasteiger partial charge on any atom is 0.127 e. The van der Waals surface area contributed by atoms with Crippen molar-refractivity contribution >= 4 is 15.9 Å². The summed E-state index contributed by atoms with van der Waals surface area (Å²) in [5.41, 5.74) is 0.679. The SMILES string of the molecule is O[C@H]1CCN(Cc2cc(Br)ccc2F)C1. The standard InChI is InChI=1S/C11H13BrFNO/c12-9-1-2-11(13)8(5-9)6-14-4-3-10(15)7-14/h1-2,5,10,15H,3-4,6-7H2/t10-/m0/s1. The van der Waals surface area contributed by atoms with Gasteiger partial charge in [-0.3, -0.25) is 4.90 Å². The molecule has 0 radical (unpaired) electrons. The van der Waals surface area contributed by atoms with Crippen LogP contribution in [0.1, 0.15) is 12.0 Å². The molecule has 15 heavy (non-hydrogen) atoms. The normalized spacial score (nSPS) is 22.2. The van der Waals surface area contributed by atoms with Crippen molar-refractivity contribution in [2.24, 2.45) is 0 Å². The Hall–Kier alpha value is -0.450. The van der Waals surface area contributed by atoms with Gasteiger partial charge in [0.1, 0.15) is 5.82 Å². The van der Waals surface area contributed by atoms with Gasteiger partial charge in [0.25, 0.3) is 0 Å². The number of likely N-dealkylation sites (tertiary alicyclic amines) is 1. The molecule has 0 bridgehead atoms. The molecular weight excluding hydrogens is 261 g/mol. The minimum atomic E-state index is -0.250. The quantitative estimate of drug-likeness (QED) is 0.893. The van der Waals surface area contributed by atoms with Crippen LogP contribution in [0.3, 0.4) is 0 Å². The minimum Gasteiger partial charge on any atom is -0.392 e. The number of hydrogen-bond acceptors (Lipinski definition) is 2. The molecule has 0 amide bonds. The molecule has 2 nitrogen and oxygen atoms in total. The van der Waals surface area contributed by atoms with Gasteiger partial charge in [0, 0.05) is 29.7 Å². The highest BCUT2D eigenvalue weighted by Crippen LogP contribution is 2.19. The van der Waals surface area contributed by atoms with Gasteiger partial charge in [0.15, 0.2) is 0 Å². The maximum absolute atomic E-state index is 13.4. The van der Waals surface area contributed by atoms with E-state index in [1.807, 2.05) is 0 Å². The molecule has 1 aromatic carbocycles. The fourth-order valence-electron chi connectivity index (χ4n) is 1.86. The smallest absolute Gasteiger partial charge is 0.127 e. The van der Waals surface area contributed by atoms with Crippen LogP contribution in [0.25, 0.3) is 0 Å². The van der Waals surface area contributed by atoms with E-state index in [4.69, 9.17) is 0 Å². The lowest BCUT2D eigenvalue weighted by Crippen LogP contribution is -2.22. The lowest BCUT2D eigenvalue weighted by Gasteiger charge is -2.15. The van der Waals surface area contributed by atoms with Crippen molar-refractivity contribution in [3.63, 3.8) is 0 Å². The highest BCUT2D eigenvalue weighted by atomic mass is 79.9. The van der Waals surface area contributed by atoms with Gasteiger partial charge >= 0.3 is 0 Å². The van der Waals surface area contributed by atoms with Crippen molar-refractivity contribution in [3.05, 3.63) is 34.1 Å². The van der Waals surface area contributed by atoms with Gasteiger partial charge in [0.05, 0.1) is 6.10 Å². The van der Waals surface area contributed by atoms with Crippen LogP contribution in [0, 0.1) is 5.82 Å². The van der Waals surface area contributed by atoms with Crippen LogP contribution in [-0.2, 0) is 6.54 Å². The lowest BCUT2D eigenvalue weighted by atomic mass is 10.2. The molecule has 0 unspecified atom stereocenters. The van der Waals surface area contributed by atoms with Crippen molar-refractivity contribution in [1.82, 2.24) is 4.90 Å². The third-order valence-corrected chi connectivity index (χ3v) is 3.14. The van der Waals surface area contributed by atoms with Gasteiger partial charge in [-0.15, -0.1) is 0 Å². The van der Waals surface area contributed by atoms with Crippen LogP contribution in [-0.4, -0.2) is 29.2 Å². The number of aliphatic hydroxyl groups excluding tert-OH is 1. The summed E-state index contributed by atoms with van der Waals surface area (Å²) < 4.78 is 14.3. The second-order valence-electron chi connectivity index (χ2n) is 3.91. The van der Waals surface area contributed by atoms with E-state index >= 15 is 0 Å². The fraction of sp³-hybridized carbons (Fsp3) is 0.455. The van der Waals surface area contributed by atoms with E-state index in [0.29, 0.717) is 18.7 Å². The van der Waals surface area contributed by atoms with Crippen LogP contribution in [0.5, 0.6) is 0 Å². The lowest BCUT2D eigenvalue weighted by molar-refractivity contribution is 0.174. The van der Waals surface area contributed by atoms with E-state index in [1.165, 1.54) is 6.07 Å². The first-order valence-corrected chi connectivity index (χ1v) is 5.79. The van der Waals surface area contributed by atoms with E-state index in [-0.39, 0.29) is 11.9 Å². The molecule has 1 aliphatic heterocycles. The van der Waals surface area contributed by atoms with E-state index in [0.717, 1.165) is 17.4 Å². The summed E-state index contributed by atoms with van der Waals surface area (Å²) in [4.78, 5) is 2.06. The van der Waals surface area contributed by atoms with Gasteiger partial charge in [-0.2, -0.15) is 0 Å². The Labute approximate surface area is 96.8 Å². The minimum absolute atomic E-state index is 0.181. The summed E-state index contributed by atoms with van der Waals surface area (Å²) in [6.07, 6.45) is 0.538. The highest BCUT2D eigenvalue weighted by molar-refractivity contribution is 9.10. The fourth-order valence-corrected chi connectivity index (χ4v) is 2.27. The maximum atomic E-state index is 13.4.